The smallest absolute Gasteiger partial charge is 0.267 e. The number of carbonyl (C=O) groups is 1. The second-order valence-electron chi connectivity index (χ2n) is 7.40. The number of nitrogens with one attached hydrogen (secondary N) is 1. The Labute approximate surface area is 186 Å². The van der Waals surface area contributed by atoms with Crippen LogP contribution in [0.3, 0.4) is 0 Å². The monoisotopic (exact) mass is 456 g/mol. The van der Waals surface area contributed by atoms with Gasteiger partial charge in [-0.15, -0.1) is 0 Å². The highest BCUT2D eigenvalue weighted by molar-refractivity contribution is 7.92. The van der Waals surface area contributed by atoms with Crippen molar-refractivity contribution >= 4 is 38.9 Å². The zero-order valence-electron chi connectivity index (χ0n) is 17.0. The van der Waals surface area contributed by atoms with E-state index in [2.05, 4.69) is 5.32 Å². The molecule has 0 fully saturated rings. The highest BCUT2D eigenvalue weighted by Gasteiger charge is 2.37. The predicted octanol–water partition coefficient (Wildman–Crippen LogP) is 4.55. The van der Waals surface area contributed by atoms with E-state index in [4.69, 9.17) is 16.3 Å². The van der Waals surface area contributed by atoms with Crippen molar-refractivity contribution in [1.29, 1.82) is 0 Å². The van der Waals surface area contributed by atoms with Crippen LogP contribution in [0, 0.1) is 13.8 Å². The summed E-state index contributed by atoms with van der Waals surface area (Å²) in [6.07, 6.45) is -1.05. The van der Waals surface area contributed by atoms with Gasteiger partial charge < -0.3 is 10.1 Å². The largest absolute Gasteiger partial charge is 0.476 e. The molecule has 1 amide bonds. The van der Waals surface area contributed by atoms with E-state index in [0.29, 0.717) is 22.1 Å². The molecule has 3 aromatic carbocycles. The number of hydrogen-bond donors (Lipinski definition) is 1. The van der Waals surface area contributed by atoms with Gasteiger partial charge in [0.1, 0.15) is 5.75 Å². The highest BCUT2D eigenvalue weighted by atomic mass is 35.5. The third-order valence-corrected chi connectivity index (χ3v) is 7.14. The number of fused-ring (bicyclic) bond motifs is 1. The molecule has 6 nitrogen and oxygen atoms in total. The fourth-order valence-corrected chi connectivity index (χ4v) is 5.00. The maximum absolute atomic E-state index is 13.4. The zero-order valence-corrected chi connectivity index (χ0v) is 18.6. The number of hydrogen-bond acceptors (Lipinski definition) is 4. The van der Waals surface area contributed by atoms with Crippen LogP contribution in [0.15, 0.2) is 71.6 Å². The van der Waals surface area contributed by atoms with Crippen molar-refractivity contribution in [2.24, 2.45) is 0 Å². The number of ether oxygens (including phenoxy) is 1. The van der Waals surface area contributed by atoms with E-state index in [9.17, 15) is 13.2 Å². The van der Waals surface area contributed by atoms with Crippen LogP contribution in [-0.4, -0.2) is 27.0 Å². The first-order chi connectivity index (χ1) is 14.8. The van der Waals surface area contributed by atoms with Crippen LogP contribution in [-0.2, 0) is 14.8 Å². The van der Waals surface area contributed by atoms with Gasteiger partial charge in [-0.2, -0.15) is 0 Å². The molecule has 0 saturated carbocycles. The van der Waals surface area contributed by atoms with Gasteiger partial charge in [0.05, 0.1) is 27.8 Å². The summed E-state index contributed by atoms with van der Waals surface area (Å²) < 4.78 is 34.0. The molecular weight excluding hydrogens is 436 g/mol. The number of anilines is 2. The van der Waals surface area contributed by atoms with E-state index in [1.807, 2.05) is 19.9 Å². The Hall–Kier alpha value is -3.03. The second-order valence-corrected chi connectivity index (χ2v) is 9.67. The van der Waals surface area contributed by atoms with E-state index >= 15 is 0 Å². The molecule has 3 aromatic rings. The Balaban J connectivity index is 1.71. The lowest BCUT2D eigenvalue weighted by Crippen LogP contribution is -2.48. The molecule has 0 aromatic heterocycles. The Morgan fingerprint density at radius 3 is 2.42 bits per heavy atom. The molecule has 0 spiro atoms. The molecule has 1 atom stereocenters. The van der Waals surface area contributed by atoms with Gasteiger partial charge in [0.2, 0.25) is 0 Å². The van der Waals surface area contributed by atoms with Gasteiger partial charge in [-0.05, 0) is 55.8 Å². The van der Waals surface area contributed by atoms with Gasteiger partial charge in [-0.25, -0.2) is 8.42 Å². The normalized spacial score (nSPS) is 15.7. The van der Waals surface area contributed by atoms with Crippen LogP contribution in [0.25, 0.3) is 0 Å². The Kier molecular flexibility index (Phi) is 5.64. The van der Waals surface area contributed by atoms with Crippen LogP contribution in [0.4, 0.5) is 11.4 Å². The lowest BCUT2D eigenvalue weighted by molar-refractivity contribution is -0.122. The molecule has 4 rings (SSSR count). The number of benzene rings is 3. The minimum Gasteiger partial charge on any atom is -0.476 e. The van der Waals surface area contributed by atoms with Gasteiger partial charge in [0.15, 0.2) is 6.10 Å². The first-order valence-electron chi connectivity index (χ1n) is 9.68. The van der Waals surface area contributed by atoms with Gasteiger partial charge >= 0.3 is 0 Å². The summed E-state index contributed by atoms with van der Waals surface area (Å²) in [6.45, 7) is 3.59. The van der Waals surface area contributed by atoms with E-state index < -0.39 is 22.0 Å². The molecule has 1 heterocycles. The number of carbonyl (C=O) groups excluding carboxylic acids is 1. The maximum atomic E-state index is 13.4. The molecule has 160 valence electrons. The number of aryl methyl sites for hydroxylation is 2. The summed E-state index contributed by atoms with van der Waals surface area (Å²) in [6, 6.07) is 18.7. The Morgan fingerprint density at radius 2 is 1.71 bits per heavy atom. The van der Waals surface area contributed by atoms with E-state index in [0.717, 1.165) is 11.1 Å². The summed E-state index contributed by atoms with van der Waals surface area (Å²) in [4.78, 5) is 13.1. The van der Waals surface area contributed by atoms with Gasteiger partial charge in [0, 0.05) is 0 Å². The molecule has 0 bridgehead atoms. The number of halogens is 1. The first kappa shape index (κ1) is 21.2. The molecule has 31 heavy (non-hydrogen) atoms. The molecule has 8 heteroatoms. The second kappa shape index (κ2) is 8.24. The van der Waals surface area contributed by atoms with E-state index in [1.165, 1.54) is 4.31 Å². The Bertz CT molecular complexity index is 1240. The highest BCUT2D eigenvalue weighted by Crippen LogP contribution is 2.38. The van der Waals surface area contributed by atoms with E-state index in [-0.39, 0.29) is 11.4 Å². The quantitative estimate of drug-likeness (QED) is 0.624. The summed E-state index contributed by atoms with van der Waals surface area (Å²) >= 11 is 6.14. The first-order valence-corrected chi connectivity index (χ1v) is 11.5. The predicted molar refractivity (Wildman–Crippen MR) is 121 cm³/mol. The lowest BCUT2D eigenvalue weighted by Gasteiger charge is -2.35. The number of sulfonamides is 1. The molecule has 1 aliphatic rings. The van der Waals surface area contributed by atoms with Crippen molar-refractivity contribution in [1.82, 2.24) is 0 Å². The third kappa shape index (κ3) is 4.24. The average molecular weight is 457 g/mol. The fourth-order valence-electron chi connectivity index (χ4n) is 3.34. The zero-order chi connectivity index (χ0) is 22.2. The molecule has 1 N–H and O–H groups in total. The topological polar surface area (TPSA) is 75.7 Å². The van der Waals surface area contributed by atoms with E-state index in [1.54, 1.807) is 60.7 Å². The van der Waals surface area contributed by atoms with Crippen molar-refractivity contribution in [3.8, 4) is 5.75 Å². The molecule has 1 aliphatic heterocycles. The van der Waals surface area contributed by atoms with Crippen molar-refractivity contribution in [2.75, 3.05) is 16.2 Å². The van der Waals surface area contributed by atoms with Crippen LogP contribution in [0.1, 0.15) is 11.1 Å². The number of nitrogens with zero attached hydrogens (tertiary/aromatic N) is 1. The summed E-state index contributed by atoms with van der Waals surface area (Å²) in [5, 5.41) is 3.11. The Morgan fingerprint density at radius 1 is 1.03 bits per heavy atom. The maximum Gasteiger partial charge on any atom is 0.267 e. The summed E-state index contributed by atoms with van der Waals surface area (Å²) in [5.41, 5.74) is 2.67. The van der Waals surface area contributed by atoms with Gasteiger partial charge in [-0.3, -0.25) is 9.10 Å². The lowest BCUT2D eigenvalue weighted by atomic mass is 10.1. The van der Waals surface area contributed by atoms with Gasteiger partial charge in [-0.1, -0.05) is 47.5 Å². The van der Waals surface area contributed by atoms with Crippen LogP contribution in [0.5, 0.6) is 5.75 Å². The standard InChI is InChI=1S/C23H21ClN2O4S/c1-15-7-10-17(11-8-15)31(28,29)26-14-22(30-21-13-16(2)9-12-20(21)26)23(27)25-19-6-4-3-5-18(19)24/h3-13,22H,14H2,1-2H3,(H,25,27)/t22-/m1/s1. The molecular formula is C23H21ClN2O4S. The van der Waals surface area contributed by atoms with Crippen molar-refractivity contribution in [3.05, 3.63) is 82.9 Å². The summed E-state index contributed by atoms with van der Waals surface area (Å²) in [7, 11) is -3.91. The van der Waals surface area contributed by atoms with Gasteiger partial charge in [0.25, 0.3) is 15.9 Å². The molecule has 0 unspecified atom stereocenters. The SMILES string of the molecule is Cc1ccc(S(=O)(=O)N2C[C@H](C(=O)Nc3ccccc3Cl)Oc3cc(C)ccc32)cc1. The fraction of sp³-hybridized carbons (Fsp3) is 0.174. The molecule has 0 aliphatic carbocycles. The number of para-hydroxylation sites is 1. The molecule has 0 radical (unpaired) electrons. The summed E-state index contributed by atoms with van der Waals surface area (Å²) in [5.74, 6) is -0.148. The van der Waals surface area contributed by atoms with Crippen LogP contribution in [0.2, 0.25) is 5.02 Å². The minimum absolute atomic E-state index is 0.150. The molecule has 0 saturated heterocycles. The number of rotatable bonds is 4. The van der Waals surface area contributed by atoms with Crippen LogP contribution >= 0.6 is 11.6 Å². The third-order valence-electron chi connectivity index (χ3n) is 5.02. The van der Waals surface area contributed by atoms with Crippen molar-refractivity contribution in [3.63, 3.8) is 0 Å². The van der Waals surface area contributed by atoms with Crippen LogP contribution < -0.4 is 14.4 Å². The number of amides is 1. The minimum atomic E-state index is -3.91. The van der Waals surface area contributed by atoms with Crippen molar-refractivity contribution in [2.45, 2.75) is 24.8 Å². The van der Waals surface area contributed by atoms with Crippen molar-refractivity contribution < 1.29 is 17.9 Å². The average Bonchev–Trinajstić information content (AvgIpc) is 2.74.